The molecule has 0 fully saturated rings. The standard InChI is InChI=1S/C11H16ClNO/c1-9(14)6-7-13-8-10-4-2-3-5-11(10)12/h2-5,9,13-14H,6-8H2,1H3/t9-/m1/s1. The number of aliphatic hydroxyl groups excluding tert-OH is 1. The first kappa shape index (κ1) is 11.5. The topological polar surface area (TPSA) is 32.3 Å². The van der Waals surface area contributed by atoms with E-state index in [-0.39, 0.29) is 6.10 Å². The third kappa shape index (κ3) is 4.09. The van der Waals surface area contributed by atoms with E-state index in [0.717, 1.165) is 30.1 Å². The van der Waals surface area contributed by atoms with Gasteiger partial charge in [0.05, 0.1) is 6.10 Å². The molecule has 0 aliphatic rings. The van der Waals surface area contributed by atoms with E-state index in [9.17, 15) is 0 Å². The van der Waals surface area contributed by atoms with Crippen molar-refractivity contribution in [1.29, 1.82) is 0 Å². The van der Waals surface area contributed by atoms with Crippen LogP contribution in [0, 0.1) is 0 Å². The van der Waals surface area contributed by atoms with Gasteiger partial charge in [-0.3, -0.25) is 0 Å². The summed E-state index contributed by atoms with van der Waals surface area (Å²) in [7, 11) is 0. The van der Waals surface area contributed by atoms with Crippen LogP contribution in [-0.4, -0.2) is 17.8 Å². The number of halogens is 1. The smallest absolute Gasteiger partial charge is 0.0524 e. The van der Waals surface area contributed by atoms with Crippen molar-refractivity contribution in [3.63, 3.8) is 0 Å². The van der Waals surface area contributed by atoms with Crippen molar-refractivity contribution in [2.45, 2.75) is 26.0 Å². The van der Waals surface area contributed by atoms with Crippen molar-refractivity contribution in [3.8, 4) is 0 Å². The summed E-state index contributed by atoms with van der Waals surface area (Å²) in [6.45, 7) is 3.35. The zero-order valence-electron chi connectivity index (χ0n) is 8.33. The Morgan fingerprint density at radius 3 is 2.79 bits per heavy atom. The third-order valence-electron chi connectivity index (χ3n) is 2.01. The minimum Gasteiger partial charge on any atom is -0.393 e. The van der Waals surface area contributed by atoms with Gasteiger partial charge in [0, 0.05) is 11.6 Å². The maximum absolute atomic E-state index is 9.04. The van der Waals surface area contributed by atoms with Crippen molar-refractivity contribution in [2.75, 3.05) is 6.54 Å². The first-order chi connectivity index (χ1) is 6.70. The quantitative estimate of drug-likeness (QED) is 0.736. The molecule has 14 heavy (non-hydrogen) atoms. The van der Waals surface area contributed by atoms with Crippen LogP contribution in [0.4, 0.5) is 0 Å². The monoisotopic (exact) mass is 213 g/mol. The molecule has 0 heterocycles. The Kier molecular flexibility index (Phi) is 4.94. The zero-order valence-corrected chi connectivity index (χ0v) is 9.09. The van der Waals surface area contributed by atoms with E-state index in [0.29, 0.717) is 0 Å². The highest BCUT2D eigenvalue weighted by molar-refractivity contribution is 6.31. The Hall–Kier alpha value is -0.570. The zero-order chi connectivity index (χ0) is 10.4. The molecule has 0 saturated carbocycles. The first-order valence-electron chi connectivity index (χ1n) is 4.82. The number of nitrogens with one attached hydrogen (secondary N) is 1. The maximum Gasteiger partial charge on any atom is 0.0524 e. The van der Waals surface area contributed by atoms with Crippen LogP contribution in [0.1, 0.15) is 18.9 Å². The van der Waals surface area contributed by atoms with Gasteiger partial charge in [-0.15, -0.1) is 0 Å². The minimum atomic E-state index is -0.242. The summed E-state index contributed by atoms with van der Waals surface area (Å²) in [6, 6.07) is 7.77. The van der Waals surface area contributed by atoms with Crippen molar-refractivity contribution in [3.05, 3.63) is 34.9 Å². The highest BCUT2D eigenvalue weighted by Crippen LogP contribution is 2.14. The van der Waals surface area contributed by atoms with Gasteiger partial charge in [0.2, 0.25) is 0 Å². The molecule has 3 heteroatoms. The lowest BCUT2D eigenvalue weighted by Gasteiger charge is -2.07. The van der Waals surface area contributed by atoms with Crippen LogP contribution >= 0.6 is 11.6 Å². The third-order valence-corrected chi connectivity index (χ3v) is 2.38. The average Bonchev–Trinajstić information content (AvgIpc) is 2.15. The van der Waals surface area contributed by atoms with Gasteiger partial charge in [0.15, 0.2) is 0 Å². The second-order valence-electron chi connectivity index (χ2n) is 3.41. The number of hydrogen-bond donors (Lipinski definition) is 2. The largest absolute Gasteiger partial charge is 0.393 e. The summed E-state index contributed by atoms with van der Waals surface area (Å²) < 4.78 is 0. The van der Waals surface area contributed by atoms with Crippen LogP contribution < -0.4 is 5.32 Å². The van der Waals surface area contributed by atoms with Gasteiger partial charge in [0.1, 0.15) is 0 Å². The molecule has 78 valence electrons. The Balaban J connectivity index is 2.28. The molecule has 2 N–H and O–H groups in total. The van der Waals surface area contributed by atoms with Crippen LogP contribution in [0.25, 0.3) is 0 Å². The van der Waals surface area contributed by atoms with Gasteiger partial charge in [-0.2, -0.15) is 0 Å². The Morgan fingerprint density at radius 1 is 1.43 bits per heavy atom. The SMILES string of the molecule is C[C@@H](O)CCNCc1ccccc1Cl. The molecule has 0 spiro atoms. The van der Waals surface area contributed by atoms with Crippen LogP contribution in [0.3, 0.4) is 0 Å². The van der Waals surface area contributed by atoms with Crippen LogP contribution in [0.5, 0.6) is 0 Å². The van der Waals surface area contributed by atoms with Gasteiger partial charge in [0.25, 0.3) is 0 Å². The second kappa shape index (κ2) is 6.02. The van der Waals surface area contributed by atoms with E-state index in [1.54, 1.807) is 6.92 Å². The lowest BCUT2D eigenvalue weighted by molar-refractivity contribution is 0.183. The number of aliphatic hydroxyl groups is 1. The Bertz CT molecular complexity index is 276. The molecule has 2 nitrogen and oxygen atoms in total. The van der Waals surface area contributed by atoms with Gasteiger partial charge in [-0.25, -0.2) is 0 Å². The molecule has 1 rings (SSSR count). The molecule has 0 amide bonds. The maximum atomic E-state index is 9.04. The minimum absolute atomic E-state index is 0.242. The summed E-state index contributed by atoms with van der Waals surface area (Å²) in [5.74, 6) is 0. The summed E-state index contributed by atoms with van der Waals surface area (Å²) >= 11 is 5.98. The molecule has 0 unspecified atom stereocenters. The highest BCUT2D eigenvalue weighted by atomic mass is 35.5. The van der Waals surface area contributed by atoms with E-state index >= 15 is 0 Å². The van der Waals surface area contributed by atoms with Gasteiger partial charge < -0.3 is 10.4 Å². The molecular formula is C11H16ClNO. The van der Waals surface area contributed by atoms with Crippen molar-refractivity contribution in [2.24, 2.45) is 0 Å². The highest BCUT2D eigenvalue weighted by Gasteiger charge is 1.98. The van der Waals surface area contributed by atoms with E-state index in [1.807, 2.05) is 24.3 Å². The van der Waals surface area contributed by atoms with E-state index in [4.69, 9.17) is 16.7 Å². The molecule has 0 radical (unpaired) electrons. The molecule has 0 aliphatic carbocycles. The van der Waals surface area contributed by atoms with Crippen LogP contribution in [0.2, 0.25) is 5.02 Å². The lowest BCUT2D eigenvalue weighted by Crippen LogP contribution is -2.18. The number of rotatable bonds is 5. The van der Waals surface area contributed by atoms with E-state index in [1.165, 1.54) is 0 Å². The molecule has 0 aliphatic heterocycles. The fourth-order valence-corrected chi connectivity index (χ4v) is 1.38. The molecule has 1 atom stereocenters. The summed E-state index contributed by atoms with van der Waals surface area (Å²) in [5.41, 5.74) is 1.10. The summed E-state index contributed by atoms with van der Waals surface area (Å²) in [5, 5.41) is 13.1. The van der Waals surface area contributed by atoms with Gasteiger partial charge in [-0.1, -0.05) is 29.8 Å². The van der Waals surface area contributed by atoms with Gasteiger partial charge in [-0.05, 0) is 31.5 Å². The van der Waals surface area contributed by atoms with Crippen molar-refractivity contribution >= 4 is 11.6 Å². The molecular weight excluding hydrogens is 198 g/mol. The average molecular weight is 214 g/mol. The second-order valence-corrected chi connectivity index (χ2v) is 3.81. The van der Waals surface area contributed by atoms with Crippen molar-refractivity contribution in [1.82, 2.24) is 5.32 Å². The number of hydrogen-bond acceptors (Lipinski definition) is 2. The number of benzene rings is 1. The van der Waals surface area contributed by atoms with Crippen LogP contribution in [-0.2, 0) is 6.54 Å². The molecule has 0 saturated heterocycles. The van der Waals surface area contributed by atoms with E-state index < -0.39 is 0 Å². The first-order valence-corrected chi connectivity index (χ1v) is 5.20. The summed E-state index contributed by atoms with van der Waals surface area (Å²) in [4.78, 5) is 0. The van der Waals surface area contributed by atoms with Crippen LogP contribution in [0.15, 0.2) is 24.3 Å². The molecule has 0 aromatic heterocycles. The van der Waals surface area contributed by atoms with E-state index in [2.05, 4.69) is 5.32 Å². The predicted molar refractivity (Wildman–Crippen MR) is 59.5 cm³/mol. The molecule has 1 aromatic rings. The fourth-order valence-electron chi connectivity index (χ4n) is 1.18. The summed E-state index contributed by atoms with van der Waals surface area (Å²) in [6.07, 6.45) is 0.526. The normalized spacial score (nSPS) is 12.8. The Labute approximate surface area is 89.9 Å². The van der Waals surface area contributed by atoms with Crippen molar-refractivity contribution < 1.29 is 5.11 Å². The molecule has 0 bridgehead atoms. The Morgan fingerprint density at radius 2 is 2.14 bits per heavy atom. The lowest BCUT2D eigenvalue weighted by atomic mass is 10.2. The van der Waals surface area contributed by atoms with Gasteiger partial charge >= 0.3 is 0 Å². The molecule has 1 aromatic carbocycles. The fraction of sp³-hybridized carbons (Fsp3) is 0.455. The predicted octanol–water partition coefficient (Wildman–Crippen LogP) is 2.20.